The minimum atomic E-state index is -1.05. The number of hydrogen-bond acceptors (Lipinski definition) is 9. The Labute approximate surface area is 222 Å². The first-order valence-electron chi connectivity index (χ1n) is 11.8. The monoisotopic (exact) mass is 532 g/mol. The molecule has 9 nitrogen and oxygen atoms in total. The predicted molar refractivity (Wildman–Crippen MR) is 140 cm³/mol. The van der Waals surface area contributed by atoms with Crippen LogP contribution in [0.4, 0.5) is 5.13 Å². The number of carbonyl (C=O) groups is 3. The number of ether oxygens (including phenoxy) is 2. The number of benzene rings is 2. The van der Waals surface area contributed by atoms with E-state index in [1.54, 1.807) is 37.3 Å². The molecule has 0 saturated carbocycles. The number of nitrogens with zero attached hydrogens (tertiary/aromatic N) is 2. The van der Waals surface area contributed by atoms with Crippen molar-refractivity contribution in [2.24, 2.45) is 0 Å². The molecule has 0 bridgehead atoms. The van der Waals surface area contributed by atoms with E-state index in [2.05, 4.69) is 11.6 Å². The zero-order valence-corrected chi connectivity index (χ0v) is 21.4. The summed E-state index contributed by atoms with van der Waals surface area (Å²) in [7, 11) is 0. The van der Waals surface area contributed by atoms with Crippen molar-refractivity contribution in [1.82, 2.24) is 4.98 Å². The third-order valence-corrected chi connectivity index (χ3v) is 7.47. The van der Waals surface area contributed by atoms with E-state index in [-0.39, 0.29) is 39.8 Å². The van der Waals surface area contributed by atoms with Crippen molar-refractivity contribution in [2.45, 2.75) is 32.4 Å². The third-order valence-electron chi connectivity index (χ3n) is 6.33. The summed E-state index contributed by atoms with van der Waals surface area (Å²) in [5.74, 6) is -2.06. The van der Waals surface area contributed by atoms with Gasteiger partial charge < -0.3 is 19.7 Å². The number of thiazole rings is 1. The number of carbonyl (C=O) groups excluding carboxylic acids is 3. The first kappa shape index (κ1) is 25.2. The van der Waals surface area contributed by atoms with Gasteiger partial charge in [-0.2, -0.15) is 0 Å². The number of Topliss-reactive ketones (excluding diaryl/α,β-unsaturated/α-hetero) is 1. The molecule has 1 amide bonds. The first-order chi connectivity index (χ1) is 18.2. The van der Waals surface area contributed by atoms with Crippen molar-refractivity contribution in [2.75, 3.05) is 11.5 Å². The zero-order valence-electron chi connectivity index (χ0n) is 20.6. The molecule has 3 aromatic rings. The molecule has 0 radical (unpaired) electrons. The molecule has 0 spiro atoms. The lowest BCUT2D eigenvalue weighted by atomic mass is 9.94. The maximum absolute atomic E-state index is 13.4. The SMILES string of the molecule is C=CCOC(=O)c1sc(N2C(=O)C(=O)C(=C(O)c3ccc4c(c3)CC(C)O4)C2c2ccc(O)cc2)nc1C. The molecule has 3 heterocycles. The number of ketones is 1. The number of aromatic hydroxyl groups is 1. The van der Waals surface area contributed by atoms with Gasteiger partial charge in [0.25, 0.3) is 5.78 Å². The predicted octanol–water partition coefficient (Wildman–Crippen LogP) is 4.45. The van der Waals surface area contributed by atoms with Gasteiger partial charge in [-0.15, -0.1) is 0 Å². The number of anilines is 1. The quantitative estimate of drug-likeness (QED) is 0.157. The Bertz CT molecular complexity index is 1510. The molecule has 2 aliphatic heterocycles. The number of phenolic OH excluding ortho intramolecular Hbond substituents is 1. The van der Waals surface area contributed by atoms with Crippen LogP contribution in [0.3, 0.4) is 0 Å². The van der Waals surface area contributed by atoms with Crippen LogP contribution in [-0.4, -0.2) is 45.6 Å². The van der Waals surface area contributed by atoms with Gasteiger partial charge in [-0.25, -0.2) is 9.78 Å². The number of rotatable bonds is 6. The van der Waals surface area contributed by atoms with Crippen molar-refractivity contribution in [3.05, 3.63) is 88.0 Å². The Morgan fingerprint density at radius 3 is 2.71 bits per heavy atom. The summed E-state index contributed by atoms with van der Waals surface area (Å²) in [5, 5.41) is 21.3. The number of phenols is 1. The van der Waals surface area contributed by atoms with Crippen LogP contribution in [0.1, 0.15) is 45.0 Å². The summed E-state index contributed by atoms with van der Waals surface area (Å²) in [5.41, 5.74) is 1.92. The maximum Gasteiger partial charge on any atom is 0.350 e. The van der Waals surface area contributed by atoms with Crippen LogP contribution in [0.15, 0.2) is 60.7 Å². The maximum atomic E-state index is 13.4. The fraction of sp³-hybridized carbons (Fsp3) is 0.214. The molecule has 5 rings (SSSR count). The molecule has 1 aromatic heterocycles. The average molecular weight is 533 g/mol. The molecule has 1 fully saturated rings. The van der Waals surface area contributed by atoms with Gasteiger partial charge in [0.2, 0.25) is 0 Å². The largest absolute Gasteiger partial charge is 0.508 e. The summed E-state index contributed by atoms with van der Waals surface area (Å²) in [4.78, 5) is 45.0. The number of amides is 1. The Kier molecular flexibility index (Phi) is 6.50. The van der Waals surface area contributed by atoms with Crippen LogP contribution >= 0.6 is 11.3 Å². The van der Waals surface area contributed by atoms with Gasteiger partial charge in [0, 0.05) is 12.0 Å². The first-order valence-corrected chi connectivity index (χ1v) is 12.7. The molecule has 2 unspecified atom stereocenters. The summed E-state index contributed by atoms with van der Waals surface area (Å²) in [6, 6.07) is 10.0. The molecule has 38 heavy (non-hydrogen) atoms. The van der Waals surface area contributed by atoms with Crippen LogP contribution in [0.5, 0.6) is 11.5 Å². The highest BCUT2D eigenvalue weighted by atomic mass is 32.1. The van der Waals surface area contributed by atoms with Gasteiger partial charge >= 0.3 is 11.9 Å². The van der Waals surface area contributed by atoms with Crippen molar-refractivity contribution in [1.29, 1.82) is 0 Å². The molecule has 194 valence electrons. The molecular formula is C28H24N2O7S. The summed E-state index contributed by atoms with van der Waals surface area (Å²) >= 11 is 0.912. The van der Waals surface area contributed by atoms with E-state index in [0.29, 0.717) is 29.0 Å². The highest BCUT2D eigenvalue weighted by Crippen LogP contribution is 2.44. The summed E-state index contributed by atoms with van der Waals surface area (Å²) < 4.78 is 10.9. The second-order valence-corrected chi connectivity index (χ2v) is 9.99. The summed E-state index contributed by atoms with van der Waals surface area (Å²) in [6.45, 7) is 7.07. The fourth-order valence-electron chi connectivity index (χ4n) is 4.60. The normalized spacial score (nSPS) is 19.8. The van der Waals surface area contributed by atoms with Crippen molar-refractivity contribution in [3.8, 4) is 11.5 Å². The van der Waals surface area contributed by atoms with Crippen LogP contribution in [0.25, 0.3) is 5.76 Å². The van der Waals surface area contributed by atoms with E-state index < -0.39 is 23.7 Å². The second-order valence-electron chi connectivity index (χ2n) is 9.01. The average Bonchev–Trinajstić information content (AvgIpc) is 3.54. The van der Waals surface area contributed by atoms with Crippen LogP contribution in [0.2, 0.25) is 0 Å². The van der Waals surface area contributed by atoms with Gasteiger partial charge in [-0.1, -0.05) is 36.1 Å². The number of esters is 1. The highest BCUT2D eigenvalue weighted by molar-refractivity contribution is 7.17. The third kappa shape index (κ3) is 4.32. The van der Waals surface area contributed by atoms with Gasteiger partial charge in [0.15, 0.2) is 5.13 Å². The van der Waals surface area contributed by atoms with E-state index in [1.807, 2.05) is 6.92 Å². The van der Waals surface area contributed by atoms with E-state index in [1.165, 1.54) is 23.1 Å². The summed E-state index contributed by atoms with van der Waals surface area (Å²) in [6.07, 6.45) is 2.07. The number of aryl methyl sites for hydroxylation is 1. The Morgan fingerprint density at radius 1 is 1.26 bits per heavy atom. The van der Waals surface area contributed by atoms with E-state index in [4.69, 9.17) is 9.47 Å². The smallest absolute Gasteiger partial charge is 0.350 e. The number of aliphatic hydroxyl groups excluding tert-OH is 1. The van der Waals surface area contributed by atoms with Gasteiger partial charge in [0.1, 0.15) is 34.8 Å². The molecule has 0 aliphatic carbocycles. The Morgan fingerprint density at radius 2 is 2.00 bits per heavy atom. The number of aromatic nitrogens is 1. The van der Waals surface area contributed by atoms with Crippen molar-refractivity contribution < 1.29 is 34.1 Å². The lowest BCUT2D eigenvalue weighted by Crippen LogP contribution is -2.29. The molecule has 10 heteroatoms. The molecule has 2 aliphatic rings. The molecule has 2 aromatic carbocycles. The Balaban J connectivity index is 1.64. The van der Waals surface area contributed by atoms with Gasteiger partial charge in [-0.05, 0) is 55.3 Å². The number of aliphatic hydroxyl groups is 1. The number of hydrogen-bond donors (Lipinski definition) is 2. The van der Waals surface area contributed by atoms with Crippen LogP contribution in [0, 0.1) is 6.92 Å². The number of fused-ring (bicyclic) bond motifs is 1. The van der Waals surface area contributed by atoms with E-state index in [0.717, 1.165) is 16.9 Å². The zero-order chi connectivity index (χ0) is 27.1. The van der Waals surface area contributed by atoms with Crippen LogP contribution in [-0.2, 0) is 20.7 Å². The molecule has 2 atom stereocenters. The molecule has 1 saturated heterocycles. The fourth-order valence-corrected chi connectivity index (χ4v) is 5.59. The standard InChI is InChI=1S/C28H24N2O7S/c1-4-11-36-27(35)25-15(3)29-28(38-25)30-22(16-5-8-19(31)9-6-16)21(24(33)26(30)34)23(32)17-7-10-20-18(13-17)12-14(2)37-20/h4-10,13-14,22,31-32H,1,11-12H2,2-3H3. The highest BCUT2D eigenvalue weighted by Gasteiger charge is 2.48. The van der Waals surface area contributed by atoms with Gasteiger partial charge in [0.05, 0.1) is 17.3 Å². The van der Waals surface area contributed by atoms with E-state index in [9.17, 15) is 24.6 Å². The van der Waals surface area contributed by atoms with Crippen molar-refractivity contribution >= 4 is 39.9 Å². The lowest BCUT2D eigenvalue weighted by Gasteiger charge is -2.23. The lowest BCUT2D eigenvalue weighted by molar-refractivity contribution is -0.132. The minimum Gasteiger partial charge on any atom is -0.508 e. The molecule has 2 N–H and O–H groups in total. The van der Waals surface area contributed by atoms with Crippen LogP contribution < -0.4 is 9.64 Å². The van der Waals surface area contributed by atoms with E-state index >= 15 is 0 Å². The molecular weight excluding hydrogens is 508 g/mol. The minimum absolute atomic E-state index is 0.00390. The topological polar surface area (TPSA) is 126 Å². The van der Waals surface area contributed by atoms with Gasteiger partial charge in [-0.3, -0.25) is 14.5 Å². The van der Waals surface area contributed by atoms with Crippen molar-refractivity contribution in [3.63, 3.8) is 0 Å². The second kappa shape index (κ2) is 9.79. The Hall–Kier alpha value is -4.44.